The Bertz CT molecular complexity index is 392. The number of hydrogen-bond donors (Lipinski definition) is 1. The number of nitrogens with zero attached hydrogens (tertiary/aromatic N) is 2. The molecular formula is C14H23N3. The molecule has 0 radical (unpaired) electrons. The van der Waals surface area contributed by atoms with Gasteiger partial charge in [0, 0.05) is 18.8 Å². The molecule has 0 atom stereocenters. The van der Waals surface area contributed by atoms with Gasteiger partial charge >= 0.3 is 0 Å². The van der Waals surface area contributed by atoms with Crippen LogP contribution in [0.25, 0.3) is 0 Å². The first-order chi connectivity index (χ1) is 8.04. The molecule has 1 fully saturated rings. The topological polar surface area (TPSA) is 42.2 Å². The Morgan fingerprint density at radius 1 is 1.35 bits per heavy atom. The second-order valence-corrected chi connectivity index (χ2v) is 5.52. The molecule has 0 spiro atoms. The van der Waals surface area contributed by atoms with Crippen molar-refractivity contribution in [3.63, 3.8) is 0 Å². The Kier molecular flexibility index (Phi) is 3.27. The SMILES string of the molecule is CCC1(C)CCN(c2nc(C)ccc2N)CC1. The average Bonchev–Trinajstić information content (AvgIpc) is 2.34. The Hall–Kier alpha value is -1.25. The standard InChI is InChI=1S/C14H23N3/c1-4-14(3)7-9-17(10-8-14)13-12(15)6-5-11(2)16-13/h5-6H,4,7-10,15H2,1-3H3. The fraction of sp³-hybridized carbons (Fsp3) is 0.643. The number of pyridine rings is 1. The van der Waals surface area contributed by atoms with Crippen LogP contribution in [0, 0.1) is 12.3 Å². The normalized spacial score (nSPS) is 19.4. The maximum absolute atomic E-state index is 6.02. The molecule has 0 aliphatic carbocycles. The van der Waals surface area contributed by atoms with Crippen molar-refractivity contribution in [2.45, 2.75) is 40.0 Å². The number of aromatic nitrogens is 1. The molecule has 0 aromatic carbocycles. The molecule has 3 heteroatoms. The lowest BCUT2D eigenvalue weighted by Crippen LogP contribution is -2.39. The molecule has 0 bridgehead atoms. The Morgan fingerprint density at radius 2 is 2.00 bits per heavy atom. The van der Waals surface area contributed by atoms with Crippen LogP contribution in [0.15, 0.2) is 12.1 Å². The molecule has 3 nitrogen and oxygen atoms in total. The summed E-state index contributed by atoms with van der Waals surface area (Å²) in [6.45, 7) is 8.84. The lowest BCUT2D eigenvalue weighted by Gasteiger charge is -2.39. The molecular weight excluding hydrogens is 210 g/mol. The summed E-state index contributed by atoms with van der Waals surface area (Å²) in [7, 11) is 0. The van der Waals surface area contributed by atoms with Gasteiger partial charge in [-0.25, -0.2) is 4.98 Å². The number of nitrogen functional groups attached to an aromatic ring is 1. The highest BCUT2D eigenvalue weighted by atomic mass is 15.2. The predicted molar refractivity (Wildman–Crippen MR) is 73.2 cm³/mol. The number of aryl methyl sites for hydroxylation is 1. The van der Waals surface area contributed by atoms with Crippen molar-refractivity contribution in [1.82, 2.24) is 4.98 Å². The van der Waals surface area contributed by atoms with Gasteiger partial charge in [-0.3, -0.25) is 0 Å². The molecule has 2 rings (SSSR count). The number of nitrogens with two attached hydrogens (primary N) is 1. The lowest BCUT2D eigenvalue weighted by atomic mass is 9.78. The van der Waals surface area contributed by atoms with Gasteiger partial charge in [0.15, 0.2) is 5.82 Å². The van der Waals surface area contributed by atoms with Crippen molar-refractivity contribution < 1.29 is 0 Å². The van der Waals surface area contributed by atoms with E-state index in [1.165, 1.54) is 19.3 Å². The van der Waals surface area contributed by atoms with E-state index in [0.29, 0.717) is 5.41 Å². The largest absolute Gasteiger partial charge is 0.396 e. The molecule has 0 amide bonds. The summed E-state index contributed by atoms with van der Waals surface area (Å²) in [4.78, 5) is 6.90. The Balaban J connectivity index is 2.13. The van der Waals surface area contributed by atoms with E-state index in [1.807, 2.05) is 19.1 Å². The van der Waals surface area contributed by atoms with Crippen LogP contribution in [0.5, 0.6) is 0 Å². The monoisotopic (exact) mass is 233 g/mol. The Morgan fingerprint density at radius 3 is 2.59 bits per heavy atom. The summed E-state index contributed by atoms with van der Waals surface area (Å²) in [5.41, 5.74) is 8.37. The van der Waals surface area contributed by atoms with Crippen LogP contribution >= 0.6 is 0 Å². The van der Waals surface area contributed by atoms with E-state index in [0.717, 1.165) is 30.3 Å². The third kappa shape index (κ3) is 2.54. The van der Waals surface area contributed by atoms with Crippen LogP contribution in [-0.4, -0.2) is 18.1 Å². The number of hydrogen-bond acceptors (Lipinski definition) is 3. The van der Waals surface area contributed by atoms with Crippen LogP contribution in [0.3, 0.4) is 0 Å². The minimum absolute atomic E-state index is 0.509. The second kappa shape index (κ2) is 4.55. The molecule has 1 aromatic rings. The molecule has 1 aliphatic rings. The van der Waals surface area contributed by atoms with Crippen molar-refractivity contribution >= 4 is 11.5 Å². The van der Waals surface area contributed by atoms with Gasteiger partial charge in [0.2, 0.25) is 0 Å². The molecule has 1 aromatic heterocycles. The van der Waals surface area contributed by atoms with E-state index in [1.54, 1.807) is 0 Å². The van der Waals surface area contributed by atoms with Gasteiger partial charge in [-0.2, -0.15) is 0 Å². The molecule has 0 unspecified atom stereocenters. The highest BCUT2D eigenvalue weighted by Gasteiger charge is 2.29. The quantitative estimate of drug-likeness (QED) is 0.854. The fourth-order valence-electron chi connectivity index (χ4n) is 2.42. The third-order valence-electron chi connectivity index (χ3n) is 4.17. The maximum atomic E-state index is 6.02. The van der Waals surface area contributed by atoms with E-state index in [4.69, 9.17) is 5.73 Å². The van der Waals surface area contributed by atoms with Crippen LogP contribution < -0.4 is 10.6 Å². The van der Waals surface area contributed by atoms with Gasteiger partial charge in [0.25, 0.3) is 0 Å². The van der Waals surface area contributed by atoms with Gasteiger partial charge in [-0.05, 0) is 37.3 Å². The predicted octanol–water partition coefficient (Wildman–Crippen LogP) is 2.99. The molecule has 94 valence electrons. The molecule has 1 aliphatic heterocycles. The maximum Gasteiger partial charge on any atom is 0.152 e. The lowest BCUT2D eigenvalue weighted by molar-refractivity contribution is 0.238. The Labute approximate surface area is 104 Å². The highest BCUT2D eigenvalue weighted by Crippen LogP contribution is 2.36. The molecule has 17 heavy (non-hydrogen) atoms. The molecule has 2 heterocycles. The van der Waals surface area contributed by atoms with Crippen molar-refractivity contribution in [3.8, 4) is 0 Å². The van der Waals surface area contributed by atoms with Crippen LogP contribution in [0.2, 0.25) is 0 Å². The van der Waals surface area contributed by atoms with Gasteiger partial charge in [-0.15, -0.1) is 0 Å². The van der Waals surface area contributed by atoms with E-state index in [-0.39, 0.29) is 0 Å². The van der Waals surface area contributed by atoms with Crippen LogP contribution in [0.4, 0.5) is 11.5 Å². The summed E-state index contributed by atoms with van der Waals surface area (Å²) in [5.74, 6) is 0.975. The van der Waals surface area contributed by atoms with Crippen molar-refractivity contribution in [2.75, 3.05) is 23.7 Å². The number of piperidine rings is 1. The van der Waals surface area contributed by atoms with Crippen LogP contribution in [-0.2, 0) is 0 Å². The highest BCUT2D eigenvalue weighted by molar-refractivity contribution is 5.63. The van der Waals surface area contributed by atoms with E-state index < -0.39 is 0 Å². The summed E-state index contributed by atoms with van der Waals surface area (Å²) < 4.78 is 0. The van der Waals surface area contributed by atoms with Gasteiger partial charge in [0.1, 0.15) is 0 Å². The third-order valence-corrected chi connectivity index (χ3v) is 4.17. The first-order valence-corrected chi connectivity index (χ1v) is 6.52. The van der Waals surface area contributed by atoms with E-state index >= 15 is 0 Å². The average molecular weight is 233 g/mol. The van der Waals surface area contributed by atoms with Gasteiger partial charge in [-0.1, -0.05) is 20.3 Å². The smallest absolute Gasteiger partial charge is 0.152 e. The zero-order chi connectivity index (χ0) is 12.5. The van der Waals surface area contributed by atoms with Gasteiger partial charge in [0.05, 0.1) is 5.69 Å². The second-order valence-electron chi connectivity index (χ2n) is 5.52. The van der Waals surface area contributed by atoms with Crippen LogP contribution in [0.1, 0.15) is 38.8 Å². The number of rotatable bonds is 2. The fourth-order valence-corrected chi connectivity index (χ4v) is 2.42. The zero-order valence-corrected chi connectivity index (χ0v) is 11.2. The summed E-state index contributed by atoms with van der Waals surface area (Å²) >= 11 is 0. The first-order valence-electron chi connectivity index (χ1n) is 6.52. The zero-order valence-electron chi connectivity index (χ0n) is 11.2. The summed E-state index contributed by atoms with van der Waals surface area (Å²) in [6, 6.07) is 3.93. The van der Waals surface area contributed by atoms with Crippen molar-refractivity contribution in [3.05, 3.63) is 17.8 Å². The molecule has 1 saturated heterocycles. The van der Waals surface area contributed by atoms with E-state index in [2.05, 4.69) is 23.7 Å². The number of anilines is 2. The van der Waals surface area contributed by atoms with Crippen molar-refractivity contribution in [1.29, 1.82) is 0 Å². The summed E-state index contributed by atoms with van der Waals surface area (Å²) in [5, 5.41) is 0. The van der Waals surface area contributed by atoms with E-state index in [9.17, 15) is 0 Å². The summed E-state index contributed by atoms with van der Waals surface area (Å²) in [6.07, 6.45) is 3.73. The van der Waals surface area contributed by atoms with Gasteiger partial charge < -0.3 is 10.6 Å². The molecule has 2 N–H and O–H groups in total. The minimum Gasteiger partial charge on any atom is -0.396 e. The van der Waals surface area contributed by atoms with Crippen molar-refractivity contribution in [2.24, 2.45) is 5.41 Å². The molecule has 0 saturated carbocycles. The minimum atomic E-state index is 0.509. The first kappa shape index (κ1) is 12.2.